The maximum absolute atomic E-state index is 8.99. The zero-order chi connectivity index (χ0) is 10.8. The van der Waals surface area contributed by atoms with Crippen LogP contribution in [0.1, 0.15) is 0 Å². The van der Waals surface area contributed by atoms with Crippen molar-refractivity contribution in [2.75, 3.05) is 7.11 Å². The van der Waals surface area contributed by atoms with Crippen LogP contribution in [0.5, 0.6) is 5.75 Å². The molecular weight excluding hydrogens is 193 g/mol. The maximum atomic E-state index is 8.99. The monoisotopic (exact) mass is 203 g/mol. The van der Waals surface area contributed by atoms with E-state index in [0.717, 1.165) is 5.39 Å². The number of para-hydroxylation sites is 1. The van der Waals surface area contributed by atoms with Crippen LogP contribution in [0, 0.1) is 0 Å². The fourth-order valence-electron chi connectivity index (χ4n) is 1.46. The molecule has 15 heavy (non-hydrogen) atoms. The van der Waals surface area contributed by atoms with E-state index in [0.29, 0.717) is 16.7 Å². The number of pyridine rings is 1. The van der Waals surface area contributed by atoms with E-state index in [9.17, 15) is 0 Å². The molecule has 0 saturated heterocycles. The molecule has 5 heteroatoms. The van der Waals surface area contributed by atoms with Gasteiger partial charge in [0.25, 0.3) is 0 Å². The van der Waals surface area contributed by atoms with E-state index in [2.05, 4.69) is 4.98 Å². The molecular formula is C10H10BNO3. The van der Waals surface area contributed by atoms with Gasteiger partial charge in [0, 0.05) is 17.0 Å². The van der Waals surface area contributed by atoms with E-state index in [-0.39, 0.29) is 0 Å². The number of ether oxygens (including phenoxy) is 1. The topological polar surface area (TPSA) is 62.6 Å². The van der Waals surface area contributed by atoms with Crippen molar-refractivity contribution in [3.8, 4) is 5.75 Å². The van der Waals surface area contributed by atoms with Gasteiger partial charge in [-0.1, -0.05) is 18.2 Å². The first kappa shape index (κ1) is 9.95. The van der Waals surface area contributed by atoms with Crippen molar-refractivity contribution >= 4 is 23.5 Å². The SMILES string of the molecule is COc1cccc2cc(B(O)O)cnc12. The smallest absolute Gasteiger partial charge is 0.490 e. The van der Waals surface area contributed by atoms with Crippen LogP contribution < -0.4 is 10.2 Å². The molecule has 0 aliphatic rings. The Kier molecular flexibility index (Phi) is 2.57. The predicted octanol–water partition coefficient (Wildman–Crippen LogP) is -0.0768. The first-order valence-corrected chi connectivity index (χ1v) is 4.51. The lowest BCUT2D eigenvalue weighted by Gasteiger charge is -2.05. The standard InChI is InChI=1S/C10H10BNO3/c1-15-9-4-2-3-7-5-8(11(13)14)6-12-10(7)9/h2-6,13-14H,1H3. The van der Waals surface area contributed by atoms with Gasteiger partial charge in [-0.15, -0.1) is 0 Å². The highest BCUT2D eigenvalue weighted by Crippen LogP contribution is 2.21. The van der Waals surface area contributed by atoms with Crippen LogP contribution in [-0.4, -0.2) is 29.3 Å². The lowest BCUT2D eigenvalue weighted by Crippen LogP contribution is -2.29. The Labute approximate surface area is 87.3 Å². The van der Waals surface area contributed by atoms with Crippen LogP contribution in [0.3, 0.4) is 0 Å². The lowest BCUT2D eigenvalue weighted by atomic mass is 9.81. The Bertz CT molecular complexity index is 487. The Morgan fingerprint density at radius 3 is 2.80 bits per heavy atom. The zero-order valence-electron chi connectivity index (χ0n) is 8.21. The third-order valence-electron chi connectivity index (χ3n) is 2.21. The second-order valence-corrected chi connectivity index (χ2v) is 3.17. The second-order valence-electron chi connectivity index (χ2n) is 3.17. The Morgan fingerprint density at radius 2 is 2.13 bits per heavy atom. The fraction of sp³-hybridized carbons (Fsp3) is 0.100. The normalized spacial score (nSPS) is 10.3. The predicted molar refractivity (Wildman–Crippen MR) is 58.1 cm³/mol. The molecule has 0 amide bonds. The molecule has 0 radical (unpaired) electrons. The van der Waals surface area contributed by atoms with Gasteiger partial charge in [0.2, 0.25) is 0 Å². The number of hydrogen-bond donors (Lipinski definition) is 2. The molecule has 0 atom stereocenters. The highest BCUT2D eigenvalue weighted by Gasteiger charge is 2.12. The number of rotatable bonds is 2. The molecule has 0 unspecified atom stereocenters. The molecule has 0 spiro atoms. The summed E-state index contributed by atoms with van der Waals surface area (Å²) < 4.78 is 5.14. The average Bonchev–Trinajstić information content (AvgIpc) is 2.27. The summed E-state index contributed by atoms with van der Waals surface area (Å²) in [5, 5.41) is 18.8. The van der Waals surface area contributed by atoms with Gasteiger partial charge in [-0.05, 0) is 6.07 Å². The Balaban J connectivity index is 2.63. The quantitative estimate of drug-likeness (QED) is 0.670. The first-order chi connectivity index (χ1) is 7.22. The van der Waals surface area contributed by atoms with Crippen molar-refractivity contribution in [3.63, 3.8) is 0 Å². The van der Waals surface area contributed by atoms with E-state index < -0.39 is 7.12 Å². The van der Waals surface area contributed by atoms with Crippen LogP contribution >= 0.6 is 0 Å². The van der Waals surface area contributed by atoms with Crippen molar-refractivity contribution in [1.29, 1.82) is 0 Å². The van der Waals surface area contributed by atoms with Crippen LogP contribution in [0.25, 0.3) is 10.9 Å². The Hall–Kier alpha value is -1.59. The summed E-state index contributed by atoms with van der Waals surface area (Å²) in [7, 11) is 0.0822. The highest BCUT2D eigenvalue weighted by atomic mass is 16.5. The first-order valence-electron chi connectivity index (χ1n) is 4.51. The third kappa shape index (κ3) is 1.79. The van der Waals surface area contributed by atoms with Gasteiger partial charge in [-0.3, -0.25) is 4.98 Å². The second kappa shape index (κ2) is 3.88. The van der Waals surface area contributed by atoms with E-state index in [1.165, 1.54) is 6.20 Å². The van der Waals surface area contributed by atoms with E-state index in [1.807, 2.05) is 18.2 Å². The molecule has 4 nitrogen and oxygen atoms in total. The summed E-state index contributed by atoms with van der Waals surface area (Å²) in [6, 6.07) is 7.16. The van der Waals surface area contributed by atoms with E-state index in [4.69, 9.17) is 14.8 Å². The van der Waals surface area contributed by atoms with Crippen molar-refractivity contribution < 1.29 is 14.8 Å². The molecule has 0 saturated carbocycles. The molecule has 0 bridgehead atoms. The van der Waals surface area contributed by atoms with Gasteiger partial charge in [0.15, 0.2) is 0 Å². The van der Waals surface area contributed by atoms with Gasteiger partial charge < -0.3 is 14.8 Å². The van der Waals surface area contributed by atoms with Gasteiger partial charge in [-0.2, -0.15) is 0 Å². The summed E-state index contributed by atoms with van der Waals surface area (Å²) in [4.78, 5) is 4.13. The zero-order valence-corrected chi connectivity index (χ0v) is 8.21. The number of hydrogen-bond acceptors (Lipinski definition) is 4. The van der Waals surface area contributed by atoms with E-state index >= 15 is 0 Å². The fourth-order valence-corrected chi connectivity index (χ4v) is 1.46. The van der Waals surface area contributed by atoms with E-state index in [1.54, 1.807) is 13.2 Å². The molecule has 0 aliphatic heterocycles. The summed E-state index contributed by atoms with van der Waals surface area (Å²) in [5.41, 5.74) is 1.08. The van der Waals surface area contributed by atoms with Crippen LogP contribution in [0.4, 0.5) is 0 Å². The number of methoxy groups -OCH3 is 1. The minimum absolute atomic E-state index is 0.371. The minimum Gasteiger partial charge on any atom is -0.494 e. The van der Waals surface area contributed by atoms with Crippen molar-refractivity contribution in [2.45, 2.75) is 0 Å². The van der Waals surface area contributed by atoms with Crippen molar-refractivity contribution in [2.24, 2.45) is 0 Å². The highest BCUT2D eigenvalue weighted by molar-refractivity contribution is 6.58. The van der Waals surface area contributed by atoms with Gasteiger partial charge in [-0.25, -0.2) is 0 Å². The third-order valence-corrected chi connectivity index (χ3v) is 2.21. The minimum atomic E-state index is -1.49. The van der Waals surface area contributed by atoms with Crippen LogP contribution in [-0.2, 0) is 0 Å². The van der Waals surface area contributed by atoms with Crippen LogP contribution in [0.15, 0.2) is 30.5 Å². The molecule has 1 aromatic carbocycles. The molecule has 0 fully saturated rings. The number of fused-ring (bicyclic) bond motifs is 1. The summed E-state index contributed by atoms with van der Waals surface area (Å²) in [5.74, 6) is 0.673. The maximum Gasteiger partial charge on any atom is 0.490 e. The molecule has 2 aromatic rings. The number of aromatic nitrogens is 1. The average molecular weight is 203 g/mol. The Morgan fingerprint density at radius 1 is 1.33 bits per heavy atom. The number of benzene rings is 1. The molecule has 76 valence electrons. The summed E-state index contributed by atoms with van der Waals surface area (Å²) >= 11 is 0. The molecule has 2 rings (SSSR count). The molecule has 1 aromatic heterocycles. The summed E-state index contributed by atoms with van der Waals surface area (Å²) in [6.45, 7) is 0. The van der Waals surface area contributed by atoms with Gasteiger partial charge in [0.1, 0.15) is 11.3 Å². The molecule has 0 aliphatic carbocycles. The number of nitrogens with zero attached hydrogens (tertiary/aromatic N) is 1. The lowest BCUT2D eigenvalue weighted by molar-refractivity contribution is 0.418. The van der Waals surface area contributed by atoms with Gasteiger partial charge in [0.05, 0.1) is 7.11 Å². The summed E-state index contributed by atoms with van der Waals surface area (Å²) in [6.07, 6.45) is 1.43. The largest absolute Gasteiger partial charge is 0.494 e. The molecule has 1 heterocycles. The van der Waals surface area contributed by atoms with Gasteiger partial charge >= 0.3 is 7.12 Å². The molecule has 2 N–H and O–H groups in total. The van der Waals surface area contributed by atoms with Crippen molar-refractivity contribution in [3.05, 3.63) is 30.5 Å². The van der Waals surface area contributed by atoms with Crippen molar-refractivity contribution in [1.82, 2.24) is 4.98 Å². The van der Waals surface area contributed by atoms with Crippen LogP contribution in [0.2, 0.25) is 0 Å².